The Bertz CT molecular complexity index is 445. The van der Waals surface area contributed by atoms with Crippen LogP contribution in [0.3, 0.4) is 0 Å². The van der Waals surface area contributed by atoms with Crippen LogP contribution < -0.4 is 0 Å². The van der Waals surface area contributed by atoms with Crippen molar-refractivity contribution in [3.8, 4) is 0 Å². The molecule has 1 aliphatic rings. The average molecular weight is 277 g/mol. The van der Waals surface area contributed by atoms with Crippen LogP contribution in [0.1, 0.15) is 41.6 Å². The molecule has 1 heterocycles. The third-order valence-electron chi connectivity index (χ3n) is 3.95. The summed E-state index contributed by atoms with van der Waals surface area (Å²) in [5.41, 5.74) is 1.72. The maximum atomic E-state index is 11.6. The van der Waals surface area contributed by atoms with Crippen molar-refractivity contribution in [3.05, 3.63) is 35.4 Å². The Labute approximate surface area is 120 Å². The fourth-order valence-electron chi connectivity index (χ4n) is 2.89. The molecule has 0 amide bonds. The van der Waals surface area contributed by atoms with Crippen LogP contribution in [0, 0.1) is 0 Å². The fourth-order valence-corrected chi connectivity index (χ4v) is 2.89. The normalized spacial score (nSPS) is 19.8. The Morgan fingerprint density at radius 2 is 2.30 bits per heavy atom. The van der Waals surface area contributed by atoms with E-state index in [1.165, 1.54) is 20.0 Å². The minimum Gasteiger partial charge on any atom is -0.465 e. The molecule has 0 aromatic heterocycles. The Morgan fingerprint density at radius 1 is 1.45 bits per heavy atom. The minimum atomic E-state index is -0.294. The van der Waals surface area contributed by atoms with Crippen molar-refractivity contribution in [2.75, 3.05) is 20.3 Å². The molecule has 1 atom stereocenters. The maximum absolute atomic E-state index is 11.6. The van der Waals surface area contributed by atoms with Gasteiger partial charge in [-0.3, -0.25) is 4.90 Å². The van der Waals surface area contributed by atoms with Gasteiger partial charge >= 0.3 is 5.97 Å². The van der Waals surface area contributed by atoms with Crippen LogP contribution in [-0.4, -0.2) is 42.3 Å². The van der Waals surface area contributed by atoms with Crippen molar-refractivity contribution in [3.63, 3.8) is 0 Å². The SMILES string of the molecule is COC(=O)c1cccc(CN2CCCCC2CCO)c1. The van der Waals surface area contributed by atoms with Crippen molar-refractivity contribution in [2.24, 2.45) is 0 Å². The zero-order chi connectivity index (χ0) is 14.4. The Hall–Kier alpha value is -1.39. The van der Waals surface area contributed by atoms with Gasteiger partial charge in [0.15, 0.2) is 0 Å². The quantitative estimate of drug-likeness (QED) is 0.838. The summed E-state index contributed by atoms with van der Waals surface area (Å²) in [6.07, 6.45) is 4.43. The van der Waals surface area contributed by atoms with Crippen LogP contribution in [0.2, 0.25) is 0 Å². The molecule has 0 radical (unpaired) electrons. The molecule has 4 heteroatoms. The highest BCUT2D eigenvalue weighted by Gasteiger charge is 2.22. The lowest BCUT2D eigenvalue weighted by molar-refractivity contribution is 0.0600. The molecule has 1 N–H and O–H groups in total. The Kier molecular flexibility index (Phi) is 5.56. The van der Waals surface area contributed by atoms with Gasteiger partial charge in [0.1, 0.15) is 0 Å². The number of likely N-dealkylation sites (tertiary alicyclic amines) is 1. The van der Waals surface area contributed by atoms with Crippen LogP contribution in [0.4, 0.5) is 0 Å². The summed E-state index contributed by atoms with van der Waals surface area (Å²) in [6, 6.07) is 8.06. The highest BCUT2D eigenvalue weighted by atomic mass is 16.5. The predicted octanol–water partition coefficient (Wildman–Crippen LogP) is 2.21. The summed E-state index contributed by atoms with van der Waals surface area (Å²) >= 11 is 0. The van der Waals surface area contributed by atoms with Crippen molar-refractivity contribution < 1.29 is 14.6 Å². The molecule has 4 nitrogen and oxygen atoms in total. The molecule has 110 valence electrons. The van der Waals surface area contributed by atoms with E-state index in [2.05, 4.69) is 4.90 Å². The van der Waals surface area contributed by atoms with Gasteiger partial charge in [0.2, 0.25) is 0 Å². The number of carbonyl (C=O) groups is 1. The molecule has 1 aliphatic heterocycles. The summed E-state index contributed by atoms with van der Waals surface area (Å²) in [5, 5.41) is 9.16. The molecule has 0 spiro atoms. The molecule has 1 aromatic carbocycles. The van der Waals surface area contributed by atoms with E-state index < -0.39 is 0 Å². The number of esters is 1. The standard InChI is InChI=1S/C16H23NO3/c1-20-16(19)14-6-4-5-13(11-14)12-17-9-3-2-7-15(17)8-10-18/h4-6,11,15,18H,2-3,7-10,12H2,1H3. The van der Waals surface area contributed by atoms with Gasteiger partial charge in [-0.05, 0) is 43.5 Å². The molecular formula is C16H23NO3. The van der Waals surface area contributed by atoms with E-state index in [0.717, 1.165) is 31.5 Å². The van der Waals surface area contributed by atoms with Gasteiger partial charge in [0.25, 0.3) is 0 Å². The van der Waals surface area contributed by atoms with Crippen LogP contribution in [0.5, 0.6) is 0 Å². The molecule has 20 heavy (non-hydrogen) atoms. The van der Waals surface area contributed by atoms with Crippen molar-refractivity contribution in [2.45, 2.75) is 38.3 Å². The van der Waals surface area contributed by atoms with E-state index in [-0.39, 0.29) is 12.6 Å². The largest absolute Gasteiger partial charge is 0.465 e. The first-order chi connectivity index (χ1) is 9.74. The zero-order valence-electron chi connectivity index (χ0n) is 12.0. The van der Waals surface area contributed by atoms with E-state index in [0.29, 0.717) is 11.6 Å². The monoisotopic (exact) mass is 277 g/mol. The highest BCUT2D eigenvalue weighted by molar-refractivity contribution is 5.89. The van der Waals surface area contributed by atoms with E-state index in [9.17, 15) is 4.79 Å². The lowest BCUT2D eigenvalue weighted by atomic mass is 9.98. The number of aliphatic hydroxyl groups excluding tert-OH is 1. The van der Waals surface area contributed by atoms with E-state index in [1.807, 2.05) is 18.2 Å². The molecule has 1 unspecified atom stereocenters. The molecule has 0 aliphatic carbocycles. The van der Waals surface area contributed by atoms with Gasteiger partial charge in [-0.15, -0.1) is 0 Å². The molecule has 0 saturated carbocycles. The summed E-state index contributed by atoms with van der Waals surface area (Å²) < 4.78 is 4.76. The van der Waals surface area contributed by atoms with Gasteiger partial charge in [-0.2, -0.15) is 0 Å². The number of benzene rings is 1. The van der Waals surface area contributed by atoms with Crippen LogP contribution in [0.15, 0.2) is 24.3 Å². The molecule has 1 saturated heterocycles. The summed E-state index contributed by atoms with van der Waals surface area (Å²) in [7, 11) is 1.40. The number of piperidine rings is 1. The number of methoxy groups -OCH3 is 1. The van der Waals surface area contributed by atoms with Gasteiger partial charge in [0.05, 0.1) is 12.7 Å². The van der Waals surface area contributed by atoms with Gasteiger partial charge in [0, 0.05) is 19.2 Å². The summed E-state index contributed by atoms with van der Waals surface area (Å²) in [6.45, 7) is 2.13. The average Bonchev–Trinajstić information content (AvgIpc) is 2.49. The van der Waals surface area contributed by atoms with Gasteiger partial charge < -0.3 is 9.84 Å². The first kappa shape index (κ1) is 15.0. The highest BCUT2D eigenvalue weighted by Crippen LogP contribution is 2.22. The topological polar surface area (TPSA) is 49.8 Å². The number of nitrogens with zero attached hydrogens (tertiary/aromatic N) is 1. The second-order valence-electron chi connectivity index (χ2n) is 5.32. The molecular weight excluding hydrogens is 254 g/mol. The summed E-state index contributed by atoms with van der Waals surface area (Å²) in [5.74, 6) is -0.294. The van der Waals surface area contributed by atoms with Crippen molar-refractivity contribution in [1.82, 2.24) is 4.90 Å². The molecule has 2 rings (SSSR count). The number of hydrogen-bond acceptors (Lipinski definition) is 4. The third kappa shape index (κ3) is 3.81. The molecule has 0 bridgehead atoms. The Morgan fingerprint density at radius 3 is 3.05 bits per heavy atom. The number of rotatable bonds is 5. The Balaban J connectivity index is 2.06. The lowest BCUT2D eigenvalue weighted by Crippen LogP contribution is -2.39. The van der Waals surface area contributed by atoms with E-state index in [4.69, 9.17) is 9.84 Å². The lowest BCUT2D eigenvalue weighted by Gasteiger charge is -2.35. The van der Waals surface area contributed by atoms with E-state index in [1.54, 1.807) is 6.07 Å². The minimum absolute atomic E-state index is 0.239. The van der Waals surface area contributed by atoms with Crippen LogP contribution in [-0.2, 0) is 11.3 Å². The molecule has 1 aromatic rings. The van der Waals surface area contributed by atoms with Crippen LogP contribution in [0.25, 0.3) is 0 Å². The van der Waals surface area contributed by atoms with Crippen molar-refractivity contribution >= 4 is 5.97 Å². The number of hydrogen-bond donors (Lipinski definition) is 1. The number of ether oxygens (including phenoxy) is 1. The smallest absolute Gasteiger partial charge is 0.337 e. The summed E-state index contributed by atoms with van der Waals surface area (Å²) in [4.78, 5) is 14.0. The second-order valence-corrected chi connectivity index (χ2v) is 5.32. The first-order valence-electron chi connectivity index (χ1n) is 7.26. The number of aliphatic hydroxyl groups is 1. The van der Waals surface area contributed by atoms with Crippen LogP contribution >= 0.6 is 0 Å². The zero-order valence-corrected chi connectivity index (χ0v) is 12.0. The third-order valence-corrected chi connectivity index (χ3v) is 3.95. The fraction of sp³-hybridized carbons (Fsp3) is 0.562. The second kappa shape index (κ2) is 7.41. The van der Waals surface area contributed by atoms with E-state index >= 15 is 0 Å². The molecule has 1 fully saturated rings. The maximum Gasteiger partial charge on any atom is 0.337 e. The van der Waals surface area contributed by atoms with Crippen molar-refractivity contribution in [1.29, 1.82) is 0 Å². The first-order valence-corrected chi connectivity index (χ1v) is 7.26. The predicted molar refractivity (Wildman–Crippen MR) is 77.5 cm³/mol. The van der Waals surface area contributed by atoms with Gasteiger partial charge in [-0.25, -0.2) is 4.79 Å². The number of carbonyl (C=O) groups excluding carboxylic acids is 1. The van der Waals surface area contributed by atoms with Gasteiger partial charge in [-0.1, -0.05) is 18.6 Å².